The lowest BCUT2D eigenvalue weighted by Crippen LogP contribution is -2.45. The maximum Gasteiger partial charge on any atom is 0.250 e. The number of hydrogen-bond donors (Lipinski definition) is 0. The predicted octanol–water partition coefficient (Wildman–Crippen LogP) is 2.67. The summed E-state index contributed by atoms with van der Waals surface area (Å²) in [7, 11) is 1.61. The molecule has 0 aliphatic carbocycles. The van der Waals surface area contributed by atoms with E-state index in [2.05, 4.69) is 11.0 Å². The van der Waals surface area contributed by atoms with Crippen molar-refractivity contribution in [2.75, 3.05) is 20.2 Å². The lowest BCUT2D eigenvalue weighted by molar-refractivity contribution is 0.104. The van der Waals surface area contributed by atoms with Gasteiger partial charge in [-0.3, -0.25) is 9.59 Å². The van der Waals surface area contributed by atoms with Crippen molar-refractivity contribution >= 4 is 5.78 Å². The third kappa shape index (κ3) is 3.17. The van der Waals surface area contributed by atoms with E-state index >= 15 is 0 Å². The van der Waals surface area contributed by atoms with Crippen molar-refractivity contribution in [1.82, 2.24) is 9.47 Å². The molecular formula is C21H22N2O3. The number of carbonyl (C=O) groups excluding carboxylic acids is 1. The fourth-order valence-corrected chi connectivity index (χ4v) is 4.08. The molecule has 5 heteroatoms. The van der Waals surface area contributed by atoms with Gasteiger partial charge in [0, 0.05) is 55.2 Å². The Bertz CT molecular complexity index is 898. The minimum Gasteiger partial charge on any atom is -0.497 e. The number of benzene rings is 1. The lowest BCUT2D eigenvalue weighted by atomic mass is 9.83. The van der Waals surface area contributed by atoms with Crippen LogP contribution in [0.3, 0.4) is 0 Å². The van der Waals surface area contributed by atoms with E-state index in [1.165, 1.54) is 0 Å². The van der Waals surface area contributed by atoms with Gasteiger partial charge in [0.05, 0.1) is 7.11 Å². The predicted molar refractivity (Wildman–Crippen MR) is 99.6 cm³/mol. The quantitative estimate of drug-likeness (QED) is 0.628. The zero-order valence-corrected chi connectivity index (χ0v) is 14.8. The number of fused-ring (bicyclic) bond motifs is 4. The number of aromatic nitrogens is 1. The Kier molecular flexibility index (Phi) is 4.37. The van der Waals surface area contributed by atoms with E-state index in [-0.39, 0.29) is 11.3 Å². The Morgan fingerprint density at radius 3 is 2.69 bits per heavy atom. The van der Waals surface area contributed by atoms with Gasteiger partial charge in [-0.2, -0.15) is 0 Å². The number of piperidine rings is 1. The van der Waals surface area contributed by atoms with Crippen LogP contribution in [-0.4, -0.2) is 35.4 Å². The number of likely N-dealkylation sites (tertiary alicyclic amines) is 1. The Morgan fingerprint density at radius 1 is 1.12 bits per heavy atom. The molecule has 26 heavy (non-hydrogen) atoms. The molecule has 1 aromatic carbocycles. The highest BCUT2D eigenvalue weighted by Crippen LogP contribution is 2.34. The highest BCUT2D eigenvalue weighted by atomic mass is 16.5. The fraction of sp³-hybridized carbons (Fsp3) is 0.333. The second-order valence-corrected chi connectivity index (χ2v) is 7.06. The van der Waals surface area contributed by atoms with Crippen LogP contribution in [0.15, 0.2) is 59.5 Å². The van der Waals surface area contributed by atoms with Crippen molar-refractivity contribution in [3.63, 3.8) is 0 Å². The molecule has 2 bridgehead atoms. The van der Waals surface area contributed by atoms with E-state index < -0.39 is 0 Å². The minimum atomic E-state index is -0.0139. The van der Waals surface area contributed by atoms with Crippen molar-refractivity contribution in [3.05, 3.63) is 76.4 Å². The third-order valence-corrected chi connectivity index (χ3v) is 5.32. The molecule has 2 atom stereocenters. The SMILES string of the molecule is COc1ccc(C(=O)/C=C/N2C[C@@H]3C[C@H](C2)c2cccc(=O)n2C3)cc1. The largest absolute Gasteiger partial charge is 0.497 e. The standard InChI is InChI=1S/C21H22N2O3/c1-26-18-7-5-16(6-8-18)20(24)9-10-22-12-15-11-17(14-22)19-3-2-4-21(25)23(19)13-15/h2-10,15,17H,11-14H2,1H3/b10-9+/t15-,17+/m0/s1. The number of ketones is 1. The van der Waals surface area contributed by atoms with Gasteiger partial charge < -0.3 is 14.2 Å². The van der Waals surface area contributed by atoms with E-state index in [9.17, 15) is 9.59 Å². The zero-order chi connectivity index (χ0) is 18.1. The second kappa shape index (κ2) is 6.83. The van der Waals surface area contributed by atoms with E-state index in [0.29, 0.717) is 17.4 Å². The normalized spacial score (nSPS) is 21.5. The number of methoxy groups -OCH3 is 1. The Morgan fingerprint density at radius 2 is 1.92 bits per heavy atom. The molecular weight excluding hydrogens is 328 g/mol. The number of carbonyl (C=O) groups is 1. The van der Waals surface area contributed by atoms with E-state index in [1.54, 1.807) is 43.5 Å². The summed E-state index contributed by atoms with van der Waals surface area (Å²) in [5, 5.41) is 0. The summed E-state index contributed by atoms with van der Waals surface area (Å²) in [6.07, 6.45) is 4.66. The first-order valence-corrected chi connectivity index (χ1v) is 8.94. The first-order chi connectivity index (χ1) is 12.6. The average Bonchev–Trinajstić information content (AvgIpc) is 2.67. The number of allylic oxidation sites excluding steroid dienone is 1. The maximum atomic E-state index is 12.4. The van der Waals surface area contributed by atoms with Crippen LogP contribution in [0.25, 0.3) is 0 Å². The number of pyridine rings is 1. The van der Waals surface area contributed by atoms with Gasteiger partial charge in [-0.05, 0) is 42.7 Å². The summed E-state index contributed by atoms with van der Waals surface area (Å²) in [6.45, 7) is 2.48. The van der Waals surface area contributed by atoms with E-state index in [4.69, 9.17) is 4.74 Å². The van der Waals surface area contributed by atoms with Crippen molar-refractivity contribution < 1.29 is 9.53 Å². The van der Waals surface area contributed by atoms with Gasteiger partial charge in [0.25, 0.3) is 5.56 Å². The molecule has 1 saturated heterocycles. The summed E-state index contributed by atoms with van der Waals surface area (Å²) >= 11 is 0. The van der Waals surface area contributed by atoms with E-state index in [0.717, 1.165) is 37.5 Å². The van der Waals surface area contributed by atoms with Crippen LogP contribution < -0.4 is 10.3 Å². The van der Waals surface area contributed by atoms with Gasteiger partial charge in [0.2, 0.25) is 0 Å². The smallest absolute Gasteiger partial charge is 0.250 e. The van der Waals surface area contributed by atoms with Crippen LogP contribution in [0.1, 0.15) is 28.4 Å². The third-order valence-electron chi connectivity index (χ3n) is 5.32. The second-order valence-electron chi connectivity index (χ2n) is 7.06. The summed E-state index contributed by atoms with van der Waals surface area (Å²) in [5.41, 5.74) is 1.86. The van der Waals surface area contributed by atoms with Crippen LogP contribution in [0.4, 0.5) is 0 Å². The Hall–Kier alpha value is -2.82. The Balaban J connectivity index is 1.47. The molecule has 5 nitrogen and oxygen atoms in total. The number of rotatable bonds is 4. The molecule has 2 aliphatic rings. The van der Waals surface area contributed by atoms with Crippen LogP contribution >= 0.6 is 0 Å². The van der Waals surface area contributed by atoms with Gasteiger partial charge >= 0.3 is 0 Å². The summed E-state index contributed by atoms with van der Waals surface area (Å²) in [6, 6.07) is 12.7. The van der Waals surface area contributed by atoms with Gasteiger partial charge in [0.1, 0.15) is 5.75 Å². The maximum absolute atomic E-state index is 12.4. The van der Waals surface area contributed by atoms with Crippen LogP contribution in [0.5, 0.6) is 5.75 Å². The van der Waals surface area contributed by atoms with Crippen LogP contribution in [0.2, 0.25) is 0 Å². The van der Waals surface area contributed by atoms with Gasteiger partial charge in [0.15, 0.2) is 5.78 Å². The Labute approximate surface area is 152 Å². The van der Waals surface area contributed by atoms with Crippen molar-refractivity contribution in [1.29, 1.82) is 0 Å². The molecule has 0 unspecified atom stereocenters. The van der Waals surface area contributed by atoms with Crippen LogP contribution in [-0.2, 0) is 6.54 Å². The van der Waals surface area contributed by atoms with E-state index in [1.807, 2.05) is 16.8 Å². The monoisotopic (exact) mass is 350 g/mol. The first-order valence-electron chi connectivity index (χ1n) is 8.94. The van der Waals surface area contributed by atoms with Gasteiger partial charge in [-0.25, -0.2) is 0 Å². The molecule has 0 spiro atoms. The number of nitrogens with zero attached hydrogens (tertiary/aromatic N) is 2. The molecule has 2 aromatic rings. The highest BCUT2D eigenvalue weighted by molar-refractivity contribution is 6.04. The van der Waals surface area contributed by atoms with Crippen LogP contribution in [0, 0.1) is 5.92 Å². The number of ether oxygens (including phenoxy) is 1. The molecule has 0 radical (unpaired) electrons. The van der Waals surface area contributed by atoms with Gasteiger partial charge in [-0.1, -0.05) is 6.07 Å². The topological polar surface area (TPSA) is 51.5 Å². The molecule has 4 rings (SSSR count). The average molecular weight is 350 g/mol. The molecule has 3 heterocycles. The van der Waals surface area contributed by atoms with Gasteiger partial charge in [-0.15, -0.1) is 0 Å². The summed E-state index contributed by atoms with van der Waals surface area (Å²) in [5.74, 6) is 1.52. The highest BCUT2D eigenvalue weighted by Gasteiger charge is 2.33. The molecule has 0 amide bonds. The number of hydrogen-bond acceptors (Lipinski definition) is 4. The molecule has 134 valence electrons. The van der Waals surface area contributed by atoms with Crippen molar-refractivity contribution in [2.45, 2.75) is 18.9 Å². The molecule has 2 aliphatic heterocycles. The fourth-order valence-electron chi connectivity index (χ4n) is 4.08. The van der Waals surface area contributed by atoms with Crippen molar-refractivity contribution in [2.24, 2.45) is 5.92 Å². The molecule has 0 N–H and O–H groups in total. The minimum absolute atomic E-state index is 0.0139. The molecule has 0 saturated carbocycles. The zero-order valence-electron chi connectivity index (χ0n) is 14.8. The molecule has 1 aromatic heterocycles. The summed E-state index contributed by atoms with van der Waals surface area (Å²) < 4.78 is 7.04. The lowest BCUT2D eigenvalue weighted by Gasteiger charge is -2.42. The molecule has 1 fully saturated rings. The van der Waals surface area contributed by atoms with Crippen molar-refractivity contribution in [3.8, 4) is 5.75 Å². The first kappa shape index (κ1) is 16.6. The summed E-state index contributed by atoms with van der Waals surface area (Å²) in [4.78, 5) is 26.7.